The summed E-state index contributed by atoms with van der Waals surface area (Å²) < 4.78 is 0. The van der Waals surface area contributed by atoms with Crippen molar-refractivity contribution in [1.82, 2.24) is 0 Å². The molecular weight excluding hydrogens is 168 g/mol. The number of rotatable bonds is 0. The molecule has 0 bridgehead atoms. The zero-order valence-electron chi connectivity index (χ0n) is 8.52. The molecule has 14 heavy (non-hydrogen) atoms. The van der Waals surface area contributed by atoms with Crippen molar-refractivity contribution in [1.29, 1.82) is 0 Å². The molecule has 0 spiro atoms. The SMILES string of the molecule is [C]1=C/C=C\C=C\C/C=C/C/C=C\CC/1. The fourth-order valence-electron chi connectivity index (χ4n) is 1.16. The van der Waals surface area contributed by atoms with Gasteiger partial charge >= 0.3 is 0 Å². The van der Waals surface area contributed by atoms with Crippen LogP contribution in [0.4, 0.5) is 0 Å². The number of hydrogen-bond donors (Lipinski definition) is 0. The van der Waals surface area contributed by atoms with Crippen LogP contribution in [-0.4, -0.2) is 0 Å². The smallest absolute Gasteiger partial charge is 0.0166 e. The molecule has 0 aliphatic heterocycles. The molecule has 0 saturated heterocycles. The van der Waals surface area contributed by atoms with Gasteiger partial charge in [-0.25, -0.2) is 0 Å². The molecule has 0 heteroatoms. The quantitative estimate of drug-likeness (QED) is 0.497. The van der Waals surface area contributed by atoms with Crippen molar-refractivity contribution in [2.75, 3.05) is 0 Å². The van der Waals surface area contributed by atoms with Gasteiger partial charge in [0.15, 0.2) is 0 Å². The summed E-state index contributed by atoms with van der Waals surface area (Å²) in [4.78, 5) is 0. The van der Waals surface area contributed by atoms with Crippen LogP contribution in [0.25, 0.3) is 0 Å². The Morgan fingerprint density at radius 1 is 0.714 bits per heavy atom. The summed E-state index contributed by atoms with van der Waals surface area (Å²) >= 11 is 0. The Morgan fingerprint density at radius 3 is 2.43 bits per heavy atom. The van der Waals surface area contributed by atoms with Crippen molar-refractivity contribution in [3.8, 4) is 0 Å². The zero-order chi connectivity index (χ0) is 9.90. The van der Waals surface area contributed by atoms with Crippen LogP contribution < -0.4 is 0 Å². The highest BCUT2D eigenvalue weighted by molar-refractivity contribution is 5.11. The van der Waals surface area contributed by atoms with Crippen LogP contribution in [0.2, 0.25) is 0 Å². The third kappa shape index (κ3) is 6.24. The van der Waals surface area contributed by atoms with Crippen molar-refractivity contribution in [3.63, 3.8) is 0 Å². The van der Waals surface area contributed by atoms with E-state index in [1.54, 1.807) is 0 Å². The molecule has 0 aromatic rings. The summed E-state index contributed by atoms with van der Waals surface area (Å²) in [5.74, 6) is 0. The molecule has 0 aromatic carbocycles. The molecule has 0 unspecified atom stereocenters. The lowest BCUT2D eigenvalue weighted by molar-refractivity contribution is 1.02. The molecule has 1 rings (SSSR count). The summed E-state index contributed by atoms with van der Waals surface area (Å²) in [6.07, 6.45) is 26.5. The zero-order valence-corrected chi connectivity index (χ0v) is 8.52. The highest BCUT2D eigenvalue weighted by atomic mass is 13.8. The average Bonchev–Trinajstić information content (AvgIpc) is 2.22. The third-order valence-electron chi connectivity index (χ3n) is 1.91. The minimum absolute atomic E-state index is 1.01. The van der Waals surface area contributed by atoms with Crippen molar-refractivity contribution < 1.29 is 0 Å². The minimum Gasteiger partial charge on any atom is -0.0879 e. The van der Waals surface area contributed by atoms with Gasteiger partial charge in [-0.2, -0.15) is 0 Å². The first-order valence-electron chi connectivity index (χ1n) is 5.18. The summed E-state index contributed by atoms with van der Waals surface area (Å²) in [7, 11) is 0. The van der Waals surface area contributed by atoms with Crippen molar-refractivity contribution in [2.45, 2.75) is 25.7 Å². The van der Waals surface area contributed by atoms with Crippen LogP contribution in [0.15, 0.2) is 54.7 Å². The lowest BCUT2D eigenvalue weighted by Crippen LogP contribution is -1.67. The molecule has 0 aromatic heterocycles. The van der Waals surface area contributed by atoms with Gasteiger partial charge < -0.3 is 0 Å². The lowest BCUT2D eigenvalue weighted by atomic mass is 10.2. The van der Waals surface area contributed by atoms with Crippen LogP contribution in [0, 0.1) is 6.08 Å². The maximum atomic E-state index is 3.22. The number of allylic oxidation sites excluding steroid dienone is 10. The first-order chi connectivity index (χ1) is 7.00. The van der Waals surface area contributed by atoms with Crippen LogP contribution >= 0.6 is 0 Å². The number of hydrogen-bond acceptors (Lipinski definition) is 0. The largest absolute Gasteiger partial charge is 0.0879 e. The molecule has 0 saturated carbocycles. The molecule has 0 fully saturated rings. The van der Waals surface area contributed by atoms with Gasteiger partial charge in [0.2, 0.25) is 0 Å². The predicted octanol–water partition coefficient (Wildman–Crippen LogP) is 4.14. The van der Waals surface area contributed by atoms with Gasteiger partial charge in [0.25, 0.3) is 0 Å². The van der Waals surface area contributed by atoms with E-state index in [4.69, 9.17) is 0 Å². The van der Waals surface area contributed by atoms with Gasteiger partial charge in [-0.3, -0.25) is 0 Å². The van der Waals surface area contributed by atoms with Gasteiger partial charge in [0.1, 0.15) is 0 Å². The summed E-state index contributed by atoms with van der Waals surface area (Å²) in [5.41, 5.74) is 0. The molecule has 0 atom stereocenters. The van der Waals surface area contributed by atoms with Crippen molar-refractivity contribution in [3.05, 3.63) is 60.8 Å². The minimum atomic E-state index is 1.01. The summed E-state index contributed by atoms with van der Waals surface area (Å²) in [6.45, 7) is 0. The second-order valence-corrected chi connectivity index (χ2v) is 3.14. The normalized spacial score (nSPS) is 29.7. The molecule has 0 N–H and O–H groups in total. The van der Waals surface area contributed by atoms with E-state index in [0.29, 0.717) is 0 Å². The lowest BCUT2D eigenvalue weighted by Gasteiger charge is -1.86. The van der Waals surface area contributed by atoms with E-state index in [1.165, 1.54) is 0 Å². The van der Waals surface area contributed by atoms with Crippen LogP contribution in [0.5, 0.6) is 0 Å². The summed E-state index contributed by atoms with van der Waals surface area (Å²) in [6, 6.07) is 0. The highest BCUT2D eigenvalue weighted by Gasteiger charge is 1.77. The van der Waals surface area contributed by atoms with E-state index < -0.39 is 0 Å². The van der Waals surface area contributed by atoms with Crippen molar-refractivity contribution in [2.24, 2.45) is 0 Å². The molecule has 0 amide bonds. The first kappa shape index (κ1) is 10.8. The molecule has 1 radical (unpaired) electrons. The van der Waals surface area contributed by atoms with Crippen LogP contribution in [-0.2, 0) is 0 Å². The van der Waals surface area contributed by atoms with Gasteiger partial charge in [-0.15, -0.1) is 0 Å². The van der Waals surface area contributed by atoms with Gasteiger partial charge in [0.05, 0.1) is 0 Å². The van der Waals surface area contributed by atoms with E-state index in [-0.39, 0.29) is 0 Å². The molecule has 0 nitrogen and oxygen atoms in total. The Hall–Kier alpha value is -1.30. The monoisotopic (exact) mass is 185 g/mol. The topological polar surface area (TPSA) is 0 Å². The molecule has 0 heterocycles. The summed E-state index contributed by atoms with van der Waals surface area (Å²) in [5, 5.41) is 0. The first-order valence-corrected chi connectivity index (χ1v) is 5.18. The second-order valence-electron chi connectivity index (χ2n) is 3.14. The Labute approximate surface area is 87.0 Å². The average molecular weight is 185 g/mol. The molecule has 1 aliphatic carbocycles. The maximum absolute atomic E-state index is 3.22. The van der Waals surface area contributed by atoms with E-state index in [2.05, 4.69) is 42.5 Å². The van der Waals surface area contributed by atoms with Crippen LogP contribution in [0.1, 0.15) is 25.7 Å². The maximum Gasteiger partial charge on any atom is -0.0166 e. The van der Waals surface area contributed by atoms with Gasteiger partial charge in [-0.05, 0) is 31.8 Å². The second kappa shape index (κ2) is 8.31. The van der Waals surface area contributed by atoms with Gasteiger partial charge in [-0.1, -0.05) is 54.7 Å². The standard InChI is InChI=1S/C14H17/c1-2-4-6-8-10-12-14-13-11-9-7-5-3-1/h1-5,8,10,13-14H,6,9,11-12H2/b3-1-,4-2+,7-5?,10-8+,14-13-. The third-order valence-corrected chi connectivity index (χ3v) is 1.91. The van der Waals surface area contributed by atoms with Crippen LogP contribution in [0.3, 0.4) is 0 Å². The molecular formula is C14H17. The van der Waals surface area contributed by atoms with Crippen molar-refractivity contribution >= 4 is 0 Å². The van der Waals surface area contributed by atoms with Gasteiger partial charge in [0, 0.05) is 0 Å². The van der Waals surface area contributed by atoms with E-state index in [9.17, 15) is 0 Å². The molecule has 73 valence electrons. The Balaban J connectivity index is 2.45. The molecule has 1 aliphatic rings. The Bertz CT molecular complexity index is 262. The Morgan fingerprint density at radius 2 is 1.50 bits per heavy atom. The fraction of sp³-hybridized carbons (Fsp3) is 0.286. The highest BCUT2D eigenvalue weighted by Crippen LogP contribution is 1.97. The fourth-order valence-corrected chi connectivity index (χ4v) is 1.16. The van der Waals surface area contributed by atoms with E-state index in [0.717, 1.165) is 25.7 Å². The van der Waals surface area contributed by atoms with E-state index in [1.807, 2.05) is 18.2 Å². The van der Waals surface area contributed by atoms with E-state index >= 15 is 0 Å². The predicted molar refractivity (Wildman–Crippen MR) is 62.8 cm³/mol. The Kier molecular flexibility index (Phi) is 6.39.